The third-order valence-corrected chi connectivity index (χ3v) is 5.96. The highest BCUT2D eigenvalue weighted by molar-refractivity contribution is 7.99. The van der Waals surface area contributed by atoms with E-state index >= 15 is 0 Å². The fourth-order valence-corrected chi connectivity index (χ4v) is 4.33. The maximum atomic E-state index is 12.6. The number of guanidine groups is 1. The fourth-order valence-electron chi connectivity index (χ4n) is 3.45. The first-order valence-electron chi connectivity index (χ1n) is 9.41. The number of carbonyl (C=O) groups excluding carboxylic acids is 1. The van der Waals surface area contributed by atoms with Crippen LogP contribution in [0.2, 0.25) is 0 Å². The predicted octanol–water partition coefficient (Wildman–Crippen LogP) is 2.98. The van der Waals surface area contributed by atoms with E-state index < -0.39 is 0 Å². The second kappa shape index (κ2) is 10.5. The maximum absolute atomic E-state index is 12.6. The number of carbonyl (C=O) groups is 1. The molecule has 1 aromatic rings. The third kappa shape index (κ3) is 5.94. The lowest BCUT2D eigenvalue weighted by atomic mass is 9.84. The first-order valence-corrected chi connectivity index (χ1v) is 10.4. The molecule has 0 heterocycles. The van der Waals surface area contributed by atoms with Crippen molar-refractivity contribution in [1.82, 2.24) is 15.5 Å². The van der Waals surface area contributed by atoms with Gasteiger partial charge < -0.3 is 15.5 Å². The molecule has 26 heavy (non-hydrogen) atoms. The minimum atomic E-state index is -0.274. The van der Waals surface area contributed by atoms with Gasteiger partial charge in [0.1, 0.15) is 0 Å². The Morgan fingerprint density at radius 3 is 2.50 bits per heavy atom. The van der Waals surface area contributed by atoms with Crippen LogP contribution in [-0.4, -0.2) is 56.8 Å². The molecule has 0 atom stereocenters. The second-order valence-corrected chi connectivity index (χ2v) is 8.22. The van der Waals surface area contributed by atoms with Gasteiger partial charge in [-0.15, -0.1) is 11.8 Å². The Labute approximate surface area is 162 Å². The molecular formula is C20H32N4OS. The van der Waals surface area contributed by atoms with Crippen molar-refractivity contribution < 1.29 is 4.79 Å². The number of nitrogens with zero attached hydrogens (tertiary/aromatic N) is 2. The zero-order valence-electron chi connectivity index (χ0n) is 16.3. The summed E-state index contributed by atoms with van der Waals surface area (Å²) in [5, 5.41) is 6.75. The van der Waals surface area contributed by atoms with Crippen LogP contribution in [0.25, 0.3) is 0 Å². The van der Waals surface area contributed by atoms with E-state index in [-0.39, 0.29) is 11.3 Å². The molecule has 5 nitrogen and oxygen atoms in total. The molecule has 2 N–H and O–H groups in total. The zero-order chi connectivity index (χ0) is 18.8. The molecule has 6 heteroatoms. The second-order valence-electron chi connectivity index (χ2n) is 7.05. The van der Waals surface area contributed by atoms with Crippen LogP contribution in [0.3, 0.4) is 0 Å². The highest BCUT2D eigenvalue weighted by Gasteiger charge is 2.42. The van der Waals surface area contributed by atoms with Crippen molar-refractivity contribution in [1.29, 1.82) is 0 Å². The molecule has 0 saturated heterocycles. The maximum Gasteiger partial charge on any atom is 0.230 e. The molecule has 1 amide bonds. The Balaban J connectivity index is 1.72. The van der Waals surface area contributed by atoms with Gasteiger partial charge in [0.25, 0.3) is 0 Å². The first-order chi connectivity index (χ1) is 12.6. The van der Waals surface area contributed by atoms with Crippen LogP contribution in [0.15, 0.2) is 40.2 Å². The van der Waals surface area contributed by atoms with Gasteiger partial charge in [-0.3, -0.25) is 9.79 Å². The van der Waals surface area contributed by atoms with E-state index in [9.17, 15) is 4.79 Å². The van der Waals surface area contributed by atoms with Gasteiger partial charge in [0.2, 0.25) is 5.91 Å². The Hall–Kier alpha value is -1.69. The molecule has 1 aromatic carbocycles. The molecule has 0 spiro atoms. The van der Waals surface area contributed by atoms with Gasteiger partial charge in [-0.05, 0) is 37.1 Å². The lowest BCUT2D eigenvalue weighted by Crippen LogP contribution is -2.49. The van der Waals surface area contributed by atoms with Gasteiger partial charge in [-0.25, -0.2) is 0 Å². The van der Waals surface area contributed by atoms with Gasteiger partial charge in [-0.2, -0.15) is 0 Å². The number of thioether (sulfide) groups is 1. The van der Waals surface area contributed by atoms with E-state index in [1.54, 1.807) is 11.9 Å². The van der Waals surface area contributed by atoms with E-state index in [2.05, 4.69) is 39.9 Å². The molecule has 1 aliphatic rings. The van der Waals surface area contributed by atoms with Gasteiger partial charge in [0.05, 0.1) is 5.41 Å². The Kier molecular flexibility index (Phi) is 8.29. The Morgan fingerprint density at radius 1 is 1.19 bits per heavy atom. The molecule has 1 saturated carbocycles. The van der Waals surface area contributed by atoms with Crippen molar-refractivity contribution in [3.8, 4) is 0 Å². The third-order valence-electron chi connectivity index (χ3n) is 4.86. The number of benzene rings is 1. The lowest BCUT2D eigenvalue weighted by molar-refractivity contribution is -0.138. The molecule has 0 aliphatic heterocycles. The summed E-state index contributed by atoms with van der Waals surface area (Å²) in [6, 6.07) is 10.5. The quantitative estimate of drug-likeness (QED) is 0.317. The molecule has 2 rings (SSSR count). The average Bonchev–Trinajstić information content (AvgIpc) is 3.14. The lowest BCUT2D eigenvalue weighted by Gasteiger charge is -2.31. The first kappa shape index (κ1) is 20.6. The molecule has 0 aromatic heterocycles. The fraction of sp³-hybridized carbons (Fsp3) is 0.600. The van der Waals surface area contributed by atoms with Crippen molar-refractivity contribution in [3.63, 3.8) is 0 Å². The predicted molar refractivity (Wildman–Crippen MR) is 111 cm³/mol. The molecular weight excluding hydrogens is 344 g/mol. The summed E-state index contributed by atoms with van der Waals surface area (Å²) in [6.07, 6.45) is 5.24. The van der Waals surface area contributed by atoms with Crippen LogP contribution in [-0.2, 0) is 4.79 Å². The molecule has 1 aliphatic carbocycles. The summed E-state index contributed by atoms with van der Waals surface area (Å²) in [6.45, 7) is 1.52. The summed E-state index contributed by atoms with van der Waals surface area (Å²) in [7, 11) is 5.48. The van der Waals surface area contributed by atoms with Crippen molar-refractivity contribution >= 4 is 23.6 Å². The summed E-state index contributed by atoms with van der Waals surface area (Å²) in [5.41, 5.74) is -0.274. The normalized spacial score (nSPS) is 16.3. The Morgan fingerprint density at radius 2 is 1.88 bits per heavy atom. The van der Waals surface area contributed by atoms with E-state index in [1.165, 1.54) is 4.90 Å². The zero-order valence-corrected chi connectivity index (χ0v) is 17.1. The number of amides is 1. The van der Waals surface area contributed by atoms with Gasteiger partial charge in [0, 0.05) is 39.1 Å². The number of nitrogens with one attached hydrogen (secondary N) is 2. The van der Waals surface area contributed by atoms with Crippen molar-refractivity contribution in [2.75, 3.05) is 40.0 Å². The summed E-state index contributed by atoms with van der Waals surface area (Å²) < 4.78 is 0. The van der Waals surface area contributed by atoms with Crippen molar-refractivity contribution in [3.05, 3.63) is 30.3 Å². The van der Waals surface area contributed by atoms with Crippen molar-refractivity contribution in [2.24, 2.45) is 10.4 Å². The van der Waals surface area contributed by atoms with Gasteiger partial charge in [-0.1, -0.05) is 31.0 Å². The summed E-state index contributed by atoms with van der Waals surface area (Å²) in [4.78, 5) is 20.0. The van der Waals surface area contributed by atoms with E-state index in [4.69, 9.17) is 0 Å². The van der Waals surface area contributed by atoms with Crippen LogP contribution in [0, 0.1) is 5.41 Å². The molecule has 1 fully saturated rings. The molecule has 144 valence electrons. The van der Waals surface area contributed by atoms with Gasteiger partial charge >= 0.3 is 0 Å². The highest BCUT2D eigenvalue weighted by Crippen LogP contribution is 2.38. The van der Waals surface area contributed by atoms with E-state index in [1.807, 2.05) is 31.9 Å². The topological polar surface area (TPSA) is 56.7 Å². The Bertz CT molecular complexity index is 583. The largest absolute Gasteiger partial charge is 0.356 e. The summed E-state index contributed by atoms with van der Waals surface area (Å²) >= 11 is 1.87. The number of rotatable bonds is 8. The van der Waals surface area contributed by atoms with Crippen LogP contribution < -0.4 is 10.6 Å². The van der Waals surface area contributed by atoms with Crippen LogP contribution in [0.1, 0.15) is 32.1 Å². The number of hydrogen-bond acceptors (Lipinski definition) is 3. The standard InChI is InChI=1S/C20H32N4OS/c1-21-19(22-14-9-15-26-17-10-5-4-6-11-17)23-16-20(12-7-8-13-20)18(25)24(2)3/h4-6,10-11H,7-9,12-16H2,1-3H3,(H2,21,22,23). The van der Waals surface area contributed by atoms with E-state index in [0.717, 1.165) is 50.4 Å². The van der Waals surface area contributed by atoms with Gasteiger partial charge in [0.15, 0.2) is 5.96 Å². The van der Waals surface area contributed by atoms with Crippen LogP contribution >= 0.6 is 11.8 Å². The summed E-state index contributed by atoms with van der Waals surface area (Å²) in [5.74, 6) is 2.08. The highest BCUT2D eigenvalue weighted by atomic mass is 32.2. The minimum Gasteiger partial charge on any atom is -0.356 e. The molecule has 0 radical (unpaired) electrons. The monoisotopic (exact) mass is 376 g/mol. The SMILES string of the molecule is CN=C(NCCCSc1ccccc1)NCC1(C(=O)N(C)C)CCCC1. The van der Waals surface area contributed by atoms with Crippen LogP contribution in [0.4, 0.5) is 0 Å². The molecule has 0 unspecified atom stereocenters. The number of aliphatic imine (C=N–C) groups is 1. The number of hydrogen-bond donors (Lipinski definition) is 2. The van der Waals surface area contributed by atoms with Crippen molar-refractivity contribution in [2.45, 2.75) is 37.0 Å². The van der Waals surface area contributed by atoms with E-state index in [0.29, 0.717) is 6.54 Å². The van der Waals surface area contributed by atoms with Crippen LogP contribution in [0.5, 0.6) is 0 Å². The molecule has 0 bridgehead atoms. The average molecular weight is 377 g/mol. The minimum absolute atomic E-state index is 0.234. The smallest absolute Gasteiger partial charge is 0.230 e.